The molecule has 7 nitrogen and oxygen atoms in total. The van der Waals surface area contributed by atoms with Crippen molar-refractivity contribution in [1.29, 1.82) is 0 Å². The largest absolute Gasteiger partial charge is 0.451 e. The fraction of sp³-hybridized carbons (Fsp3) is 0.600. The molecule has 2 N–H and O–H groups in total. The first kappa shape index (κ1) is 17.4. The molecule has 2 rings (SSSR count). The molecule has 1 fully saturated rings. The SMILES string of the molecule is CC(=O)Nc1nc(C(=O)OCC(=O)NC2CCCCC2C)cs1. The Bertz CT molecular complexity index is 587. The van der Waals surface area contributed by atoms with Gasteiger partial charge in [0.15, 0.2) is 17.4 Å². The molecule has 0 aromatic carbocycles. The first-order valence-corrected chi connectivity index (χ1v) is 8.53. The normalized spacial score (nSPS) is 20.6. The van der Waals surface area contributed by atoms with Crippen LogP contribution in [0, 0.1) is 5.92 Å². The van der Waals surface area contributed by atoms with Crippen molar-refractivity contribution in [3.05, 3.63) is 11.1 Å². The summed E-state index contributed by atoms with van der Waals surface area (Å²) in [7, 11) is 0. The highest BCUT2D eigenvalue weighted by Crippen LogP contribution is 2.23. The van der Waals surface area contributed by atoms with Crippen LogP contribution in [0.1, 0.15) is 50.0 Å². The molecular formula is C15H21N3O4S. The summed E-state index contributed by atoms with van der Waals surface area (Å²) in [5.74, 6) is -0.790. The number of hydrogen-bond acceptors (Lipinski definition) is 6. The number of thiazole rings is 1. The van der Waals surface area contributed by atoms with Crippen LogP contribution in [0.3, 0.4) is 0 Å². The van der Waals surface area contributed by atoms with Gasteiger partial charge in [-0.15, -0.1) is 11.3 Å². The number of esters is 1. The van der Waals surface area contributed by atoms with Gasteiger partial charge >= 0.3 is 5.97 Å². The van der Waals surface area contributed by atoms with Gasteiger partial charge in [0.05, 0.1) is 0 Å². The molecule has 1 aromatic heterocycles. The van der Waals surface area contributed by atoms with Crippen LogP contribution in [-0.4, -0.2) is 35.4 Å². The maximum Gasteiger partial charge on any atom is 0.358 e. The van der Waals surface area contributed by atoms with Gasteiger partial charge in [0, 0.05) is 18.3 Å². The van der Waals surface area contributed by atoms with E-state index in [0.717, 1.165) is 30.6 Å². The number of anilines is 1. The van der Waals surface area contributed by atoms with Crippen molar-refractivity contribution in [2.45, 2.75) is 45.6 Å². The Morgan fingerprint density at radius 1 is 1.35 bits per heavy atom. The van der Waals surface area contributed by atoms with Gasteiger partial charge in [-0.3, -0.25) is 9.59 Å². The minimum atomic E-state index is -0.676. The van der Waals surface area contributed by atoms with Crippen molar-refractivity contribution in [2.24, 2.45) is 5.92 Å². The predicted molar refractivity (Wildman–Crippen MR) is 86.3 cm³/mol. The van der Waals surface area contributed by atoms with E-state index in [1.165, 1.54) is 18.7 Å². The molecule has 23 heavy (non-hydrogen) atoms. The van der Waals surface area contributed by atoms with Crippen LogP contribution in [-0.2, 0) is 14.3 Å². The molecule has 0 saturated heterocycles. The number of amides is 2. The van der Waals surface area contributed by atoms with E-state index < -0.39 is 5.97 Å². The molecule has 2 atom stereocenters. The van der Waals surface area contributed by atoms with Crippen LogP contribution < -0.4 is 10.6 Å². The Labute approximate surface area is 138 Å². The lowest BCUT2D eigenvalue weighted by Gasteiger charge is -2.29. The molecule has 1 aliphatic rings. The molecule has 1 heterocycles. The second-order valence-electron chi connectivity index (χ2n) is 5.73. The molecular weight excluding hydrogens is 318 g/mol. The summed E-state index contributed by atoms with van der Waals surface area (Å²) in [6.07, 6.45) is 4.38. The Morgan fingerprint density at radius 3 is 2.78 bits per heavy atom. The molecule has 8 heteroatoms. The summed E-state index contributed by atoms with van der Waals surface area (Å²) in [6.45, 7) is 3.15. The lowest BCUT2D eigenvalue weighted by atomic mass is 9.86. The number of carbonyl (C=O) groups is 3. The molecule has 1 aromatic rings. The van der Waals surface area contributed by atoms with E-state index in [2.05, 4.69) is 22.5 Å². The number of aromatic nitrogens is 1. The van der Waals surface area contributed by atoms with Crippen LogP contribution >= 0.6 is 11.3 Å². The maximum absolute atomic E-state index is 11.9. The number of carbonyl (C=O) groups excluding carboxylic acids is 3. The van der Waals surface area contributed by atoms with Gasteiger partial charge in [-0.25, -0.2) is 9.78 Å². The van der Waals surface area contributed by atoms with E-state index in [-0.39, 0.29) is 30.2 Å². The fourth-order valence-electron chi connectivity index (χ4n) is 2.56. The van der Waals surface area contributed by atoms with E-state index >= 15 is 0 Å². The van der Waals surface area contributed by atoms with Crippen LogP contribution in [0.4, 0.5) is 5.13 Å². The molecule has 1 aliphatic carbocycles. The summed E-state index contributed by atoms with van der Waals surface area (Å²) in [4.78, 5) is 38.6. The summed E-state index contributed by atoms with van der Waals surface area (Å²) in [6, 6.07) is 0.153. The average molecular weight is 339 g/mol. The van der Waals surface area contributed by atoms with E-state index in [1.54, 1.807) is 0 Å². The van der Waals surface area contributed by atoms with Gasteiger partial charge < -0.3 is 15.4 Å². The smallest absolute Gasteiger partial charge is 0.358 e. The van der Waals surface area contributed by atoms with E-state index in [1.807, 2.05) is 0 Å². The Morgan fingerprint density at radius 2 is 2.09 bits per heavy atom. The first-order valence-electron chi connectivity index (χ1n) is 7.65. The van der Waals surface area contributed by atoms with E-state index in [0.29, 0.717) is 11.0 Å². The topological polar surface area (TPSA) is 97.4 Å². The van der Waals surface area contributed by atoms with Crippen molar-refractivity contribution >= 4 is 34.3 Å². The van der Waals surface area contributed by atoms with Crippen LogP contribution in [0.5, 0.6) is 0 Å². The molecule has 0 bridgehead atoms. The zero-order chi connectivity index (χ0) is 16.8. The third-order valence-electron chi connectivity index (χ3n) is 3.79. The Balaban J connectivity index is 1.78. The molecule has 0 aliphatic heterocycles. The highest BCUT2D eigenvalue weighted by atomic mass is 32.1. The van der Waals surface area contributed by atoms with E-state index in [4.69, 9.17) is 4.74 Å². The summed E-state index contributed by atoms with van der Waals surface area (Å²) in [5, 5.41) is 7.21. The lowest BCUT2D eigenvalue weighted by Crippen LogP contribution is -2.42. The van der Waals surface area contributed by atoms with Gasteiger partial charge in [0.25, 0.3) is 5.91 Å². The number of hydrogen-bond donors (Lipinski definition) is 2. The highest BCUT2D eigenvalue weighted by Gasteiger charge is 2.23. The zero-order valence-corrected chi connectivity index (χ0v) is 14.1. The van der Waals surface area contributed by atoms with Crippen LogP contribution in [0.2, 0.25) is 0 Å². The second-order valence-corrected chi connectivity index (χ2v) is 6.59. The molecule has 2 amide bonds. The van der Waals surface area contributed by atoms with Crippen LogP contribution in [0.25, 0.3) is 0 Å². The first-order chi connectivity index (χ1) is 11.0. The van der Waals surface area contributed by atoms with Gasteiger partial charge in [-0.2, -0.15) is 0 Å². The number of nitrogens with one attached hydrogen (secondary N) is 2. The Hall–Kier alpha value is -1.96. The van der Waals surface area contributed by atoms with Gasteiger partial charge in [0.2, 0.25) is 5.91 Å². The third-order valence-corrected chi connectivity index (χ3v) is 4.55. The predicted octanol–water partition coefficient (Wildman–Crippen LogP) is 1.95. The van der Waals surface area contributed by atoms with Crippen molar-refractivity contribution < 1.29 is 19.1 Å². The molecule has 2 unspecified atom stereocenters. The number of ether oxygens (including phenoxy) is 1. The van der Waals surface area contributed by atoms with Crippen molar-refractivity contribution in [3.8, 4) is 0 Å². The third kappa shape index (κ3) is 5.31. The molecule has 126 valence electrons. The van der Waals surface area contributed by atoms with Crippen LogP contribution in [0.15, 0.2) is 5.38 Å². The number of rotatable bonds is 5. The number of nitrogens with zero attached hydrogens (tertiary/aromatic N) is 1. The highest BCUT2D eigenvalue weighted by molar-refractivity contribution is 7.14. The average Bonchev–Trinajstić information content (AvgIpc) is 2.95. The minimum Gasteiger partial charge on any atom is -0.451 e. The van der Waals surface area contributed by atoms with Gasteiger partial charge in [0.1, 0.15) is 0 Å². The quantitative estimate of drug-likeness (QED) is 0.799. The summed E-state index contributed by atoms with van der Waals surface area (Å²) < 4.78 is 4.97. The van der Waals surface area contributed by atoms with Crippen molar-refractivity contribution in [2.75, 3.05) is 11.9 Å². The maximum atomic E-state index is 11.9. The summed E-state index contributed by atoms with van der Waals surface area (Å²) >= 11 is 1.12. The monoisotopic (exact) mass is 339 g/mol. The van der Waals surface area contributed by atoms with Crippen molar-refractivity contribution in [1.82, 2.24) is 10.3 Å². The zero-order valence-electron chi connectivity index (χ0n) is 13.3. The molecule has 1 saturated carbocycles. The standard InChI is InChI=1S/C15H21N3O4S/c1-9-5-3-4-6-11(9)17-13(20)7-22-14(21)12-8-23-15(18-12)16-10(2)19/h8-9,11H,3-7H2,1-2H3,(H,17,20)(H,16,18,19). The molecule has 0 spiro atoms. The minimum absolute atomic E-state index is 0.0811. The second kappa shape index (κ2) is 8.05. The van der Waals surface area contributed by atoms with Gasteiger partial charge in [-0.05, 0) is 18.8 Å². The lowest BCUT2D eigenvalue weighted by molar-refractivity contribution is -0.125. The van der Waals surface area contributed by atoms with Gasteiger partial charge in [-0.1, -0.05) is 19.8 Å². The Kier molecular flexibility index (Phi) is 6.09. The summed E-state index contributed by atoms with van der Waals surface area (Å²) in [5.41, 5.74) is 0.0811. The van der Waals surface area contributed by atoms with Crippen molar-refractivity contribution in [3.63, 3.8) is 0 Å². The fourth-order valence-corrected chi connectivity index (χ4v) is 3.29. The van der Waals surface area contributed by atoms with E-state index in [9.17, 15) is 14.4 Å². The molecule has 0 radical (unpaired) electrons.